The average molecular weight is 235 g/mol. The number of aromatic nitrogens is 1. The van der Waals surface area contributed by atoms with Gasteiger partial charge in [-0.1, -0.05) is 13.8 Å². The lowest BCUT2D eigenvalue weighted by Crippen LogP contribution is -2.23. The summed E-state index contributed by atoms with van der Waals surface area (Å²) >= 11 is 0. The zero-order chi connectivity index (χ0) is 12.3. The van der Waals surface area contributed by atoms with Gasteiger partial charge < -0.3 is 15.0 Å². The van der Waals surface area contributed by atoms with E-state index in [0.717, 1.165) is 36.9 Å². The van der Waals surface area contributed by atoms with Crippen LogP contribution in [0, 0.1) is 5.92 Å². The second kappa shape index (κ2) is 5.36. The van der Waals surface area contributed by atoms with Crippen LogP contribution in [0.1, 0.15) is 19.4 Å². The minimum absolute atomic E-state index is 0.628. The van der Waals surface area contributed by atoms with Crippen LogP contribution in [0.25, 0.3) is 0 Å². The Morgan fingerprint density at radius 2 is 2.29 bits per heavy atom. The normalized spacial score (nSPS) is 15.1. The lowest BCUT2D eigenvalue weighted by atomic mass is 10.2. The predicted molar refractivity (Wildman–Crippen MR) is 69.5 cm³/mol. The van der Waals surface area contributed by atoms with Crippen LogP contribution in [-0.4, -0.2) is 31.7 Å². The highest BCUT2D eigenvalue weighted by molar-refractivity contribution is 5.43. The van der Waals surface area contributed by atoms with E-state index in [1.807, 2.05) is 0 Å². The number of anilines is 1. The first-order chi connectivity index (χ1) is 8.16. The molecule has 94 valence electrons. The highest BCUT2D eigenvalue weighted by Gasteiger charge is 2.12. The van der Waals surface area contributed by atoms with Gasteiger partial charge in [0.2, 0.25) is 5.88 Å². The number of pyridine rings is 1. The molecule has 0 atom stereocenters. The fourth-order valence-corrected chi connectivity index (χ4v) is 2.02. The van der Waals surface area contributed by atoms with E-state index in [-0.39, 0.29) is 0 Å². The Hall–Kier alpha value is -1.29. The third-order valence-electron chi connectivity index (χ3n) is 2.79. The molecule has 0 aromatic carbocycles. The first-order valence-electron chi connectivity index (χ1n) is 6.21. The van der Waals surface area contributed by atoms with Crippen molar-refractivity contribution in [2.75, 3.05) is 31.6 Å². The number of ether oxygens (including phenoxy) is 1. The van der Waals surface area contributed by atoms with Crippen LogP contribution in [0.3, 0.4) is 0 Å². The Morgan fingerprint density at radius 1 is 1.47 bits per heavy atom. The highest BCUT2D eigenvalue weighted by Crippen LogP contribution is 2.22. The SMILES string of the molecule is CC(C)CN(C)c1ccc2c(n1)OCCNC2. The fourth-order valence-electron chi connectivity index (χ4n) is 2.02. The van der Waals surface area contributed by atoms with E-state index in [9.17, 15) is 0 Å². The van der Waals surface area contributed by atoms with Gasteiger partial charge in [-0.05, 0) is 18.1 Å². The van der Waals surface area contributed by atoms with Gasteiger partial charge in [0.1, 0.15) is 12.4 Å². The van der Waals surface area contributed by atoms with Crippen molar-refractivity contribution in [3.05, 3.63) is 17.7 Å². The van der Waals surface area contributed by atoms with Crippen molar-refractivity contribution in [3.63, 3.8) is 0 Å². The molecule has 1 aromatic heterocycles. The van der Waals surface area contributed by atoms with Crippen molar-refractivity contribution < 1.29 is 4.74 Å². The van der Waals surface area contributed by atoms with E-state index in [2.05, 4.69) is 48.2 Å². The molecule has 0 saturated carbocycles. The van der Waals surface area contributed by atoms with E-state index >= 15 is 0 Å². The van der Waals surface area contributed by atoms with Gasteiger partial charge in [-0.25, -0.2) is 0 Å². The maximum absolute atomic E-state index is 5.64. The van der Waals surface area contributed by atoms with Crippen LogP contribution in [0.2, 0.25) is 0 Å². The number of hydrogen-bond donors (Lipinski definition) is 1. The molecular weight excluding hydrogens is 214 g/mol. The smallest absolute Gasteiger partial charge is 0.219 e. The van der Waals surface area contributed by atoms with E-state index in [1.54, 1.807) is 0 Å². The third-order valence-corrected chi connectivity index (χ3v) is 2.79. The summed E-state index contributed by atoms with van der Waals surface area (Å²) in [6.45, 7) is 7.84. The summed E-state index contributed by atoms with van der Waals surface area (Å²) in [5.74, 6) is 2.39. The molecule has 0 amide bonds. The number of hydrogen-bond acceptors (Lipinski definition) is 4. The molecule has 4 heteroatoms. The Balaban J connectivity index is 2.17. The molecule has 2 heterocycles. The molecule has 4 nitrogen and oxygen atoms in total. The summed E-state index contributed by atoms with van der Waals surface area (Å²) in [4.78, 5) is 6.76. The lowest BCUT2D eigenvalue weighted by Gasteiger charge is -2.21. The molecule has 0 saturated heterocycles. The molecule has 17 heavy (non-hydrogen) atoms. The molecular formula is C13H21N3O. The van der Waals surface area contributed by atoms with E-state index in [4.69, 9.17) is 4.74 Å². The molecule has 1 aliphatic rings. The predicted octanol–water partition coefficient (Wildman–Crippen LogP) is 1.66. The number of fused-ring (bicyclic) bond motifs is 1. The first kappa shape index (κ1) is 12.2. The van der Waals surface area contributed by atoms with Crippen molar-refractivity contribution in [3.8, 4) is 5.88 Å². The quantitative estimate of drug-likeness (QED) is 0.864. The Labute approximate surface area is 103 Å². The summed E-state index contributed by atoms with van der Waals surface area (Å²) in [7, 11) is 2.07. The molecule has 0 radical (unpaired) electrons. The molecule has 1 N–H and O–H groups in total. The van der Waals surface area contributed by atoms with Crippen molar-refractivity contribution in [1.82, 2.24) is 10.3 Å². The molecule has 0 unspecified atom stereocenters. The molecule has 2 rings (SSSR count). The molecule has 1 aliphatic heterocycles. The van der Waals surface area contributed by atoms with Crippen LogP contribution in [0.15, 0.2) is 12.1 Å². The van der Waals surface area contributed by atoms with Gasteiger partial charge in [-0.2, -0.15) is 4.98 Å². The van der Waals surface area contributed by atoms with Crippen molar-refractivity contribution >= 4 is 5.82 Å². The van der Waals surface area contributed by atoms with Crippen molar-refractivity contribution in [2.45, 2.75) is 20.4 Å². The molecule has 0 fully saturated rings. The van der Waals surface area contributed by atoms with Crippen molar-refractivity contribution in [2.24, 2.45) is 5.92 Å². The summed E-state index contributed by atoms with van der Waals surface area (Å²) < 4.78 is 5.64. The molecule has 0 bridgehead atoms. The van der Waals surface area contributed by atoms with Gasteiger partial charge >= 0.3 is 0 Å². The maximum atomic E-state index is 5.64. The Bertz CT molecular complexity index is 379. The Kier molecular flexibility index (Phi) is 3.84. The summed E-state index contributed by atoms with van der Waals surface area (Å²) in [5.41, 5.74) is 1.14. The summed E-state index contributed by atoms with van der Waals surface area (Å²) in [5, 5.41) is 3.31. The summed E-state index contributed by atoms with van der Waals surface area (Å²) in [6, 6.07) is 4.17. The minimum Gasteiger partial charge on any atom is -0.476 e. The monoisotopic (exact) mass is 235 g/mol. The zero-order valence-electron chi connectivity index (χ0n) is 10.9. The maximum Gasteiger partial charge on any atom is 0.219 e. The van der Waals surface area contributed by atoms with Crippen LogP contribution in [0.4, 0.5) is 5.82 Å². The van der Waals surface area contributed by atoms with Gasteiger partial charge in [0.15, 0.2) is 0 Å². The molecule has 0 spiro atoms. The number of nitrogens with zero attached hydrogens (tertiary/aromatic N) is 2. The first-order valence-corrected chi connectivity index (χ1v) is 6.21. The van der Waals surface area contributed by atoms with Crippen LogP contribution >= 0.6 is 0 Å². The Morgan fingerprint density at radius 3 is 3.06 bits per heavy atom. The number of nitrogens with one attached hydrogen (secondary N) is 1. The average Bonchev–Trinajstić information content (AvgIpc) is 2.51. The zero-order valence-corrected chi connectivity index (χ0v) is 10.9. The fraction of sp³-hybridized carbons (Fsp3) is 0.615. The lowest BCUT2D eigenvalue weighted by molar-refractivity contribution is 0.314. The van der Waals surface area contributed by atoms with Crippen LogP contribution < -0.4 is 15.0 Å². The van der Waals surface area contributed by atoms with Gasteiger partial charge in [0.05, 0.1) is 0 Å². The minimum atomic E-state index is 0.628. The largest absolute Gasteiger partial charge is 0.476 e. The highest BCUT2D eigenvalue weighted by atomic mass is 16.5. The van der Waals surface area contributed by atoms with Gasteiger partial charge in [-0.3, -0.25) is 0 Å². The van der Waals surface area contributed by atoms with Crippen LogP contribution in [-0.2, 0) is 6.54 Å². The third kappa shape index (κ3) is 3.09. The van der Waals surface area contributed by atoms with E-state index in [1.165, 1.54) is 0 Å². The molecule has 0 aliphatic carbocycles. The van der Waals surface area contributed by atoms with Crippen LogP contribution in [0.5, 0.6) is 5.88 Å². The number of rotatable bonds is 3. The van der Waals surface area contributed by atoms with E-state index < -0.39 is 0 Å². The van der Waals surface area contributed by atoms with Gasteiger partial charge in [0.25, 0.3) is 0 Å². The van der Waals surface area contributed by atoms with E-state index in [0.29, 0.717) is 12.5 Å². The molecule has 1 aromatic rings. The second-order valence-corrected chi connectivity index (χ2v) is 4.93. The standard InChI is InChI=1S/C13H21N3O/c1-10(2)9-16(3)12-5-4-11-8-14-6-7-17-13(11)15-12/h4-5,10,14H,6-9H2,1-3H3. The topological polar surface area (TPSA) is 37.4 Å². The van der Waals surface area contributed by atoms with Gasteiger partial charge in [0, 0.05) is 32.2 Å². The van der Waals surface area contributed by atoms with Gasteiger partial charge in [-0.15, -0.1) is 0 Å². The van der Waals surface area contributed by atoms with Crippen molar-refractivity contribution in [1.29, 1.82) is 0 Å². The summed E-state index contributed by atoms with van der Waals surface area (Å²) in [6.07, 6.45) is 0. The second-order valence-electron chi connectivity index (χ2n) is 4.93.